The van der Waals surface area contributed by atoms with Crippen LogP contribution in [0.3, 0.4) is 0 Å². The Morgan fingerprint density at radius 3 is 2.15 bits per heavy atom. The molecule has 2 aromatic rings. The lowest BCUT2D eigenvalue weighted by atomic mass is 9.92. The summed E-state index contributed by atoms with van der Waals surface area (Å²) in [6.45, 7) is 0.650. The van der Waals surface area contributed by atoms with Crippen molar-refractivity contribution < 1.29 is 40.8 Å². The molecule has 1 aliphatic carbocycles. The number of nitro groups is 1. The van der Waals surface area contributed by atoms with Crippen molar-refractivity contribution in [2.24, 2.45) is 0 Å². The second kappa shape index (κ2) is 13.0. The van der Waals surface area contributed by atoms with Crippen LogP contribution in [0.2, 0.25) is 0 Å². The third-order valence-electron chi connectivity index (χ3n) is 6.21. The van der Waals surface area contributed by atoms with Gasteiger partial charge >= 0.3 is 12.4 Å². The van der Waals surface area contributed by atoms with Crippen LogP contribution in [0.4, 0.5) is 43.4 Å². The van der Waals surface area contributed by atoms with Crippen molar-refractivity contribution in [2.75, 3.05) is 30.3 Å². The van der Waals surface area contributed by atoms with Gasteiger partial charge in [-0.15, -0.1) is 0 Å². The fourth-order valence-corrected chi connectivity index (χ4v) is 4.19. The minimum absolute atomic E-state index is 0.140. The molecule has 1 saturated carbocycles. The monoisotopic (exact) mass is 562 g/mol. The van der Waals surface area contributed by atoms with E-state index >= 15 is 0 Å². The summed E-state index contributed by atoms with van der Waals surface area (Å²) in [7, 11) is 0. The number of nitrogens with zero attached hydrogens (tertiary/aromatic N) is 1. The van der Waals surface area contributed by atoms with Crippen LogP contribution in [0.25, 0.3) is 0 Å². The molecule has 1 aliphatic rings. The number of alkyl halides is 6. The Morgan fingerprint density at radius 2 is 1.56 bits per heavy atom. The molecule has 8 nitrogen and oxygen atoms in total. The van der Waals surface area contributed by atoms with Crippen LogP contribution in [0.15, 0.2) is 42.5 Å². The fourth-order valence-electron chi connectivity index (χ4n) is 4.19. The molecule has 1 amide bonds. The van der Waals surface area contributed by atoms with Crippen molar-refractivity contribution in [1.29, 1.82) is 0 Å². The predicted octanol–water partition coefficient (Wildman–Crippen LogP) is 5.99. The van der Waals surface area contributed by atoms with E-state index < -0.39 is 34.1 Å². The van der Waals surface area contributed by atoms with Crippen LogP contribution in [-0.4, -0.2) is 42.7 Å². The Bertz CT molecular complexity index is 1120. The number of amides is 1. The van der Waals surface area contributed by atoms with Gasteiger partial charge in [-0.3, -0.25) is 14.9 Å². The van der Waals surface area contributed by atoms with E-state index in [0.29, 0.717) is 50.9 Å². The lowest BCUT2D eigenvalue weighted by molar-refractivity contribution is -0.388. The van der Waals surface area contributed by atoms with Crippen LogP contribution < -0.4 is 16.0 Å². The molecular weight excluding hydrogens is 534 g/mol. The molecule has 0 aromatic heterocycles. The molecule has 0 spiro atoms. The molecule has 3 rings (SSSR count). The van der Waals surface area contributed by atoms with Gasteiger partial charge < -0.3 is 20.7 Å². The predicted molar refractivity (Wildman–Crippen MR) is 131 cm³/mol. The molecule has 0 aliphatic heterocycles. The van der Waals surface area contributed by atoms with Crippen LogP contribution >= 0.6 is 0 Å². The topological polar surface area (TPSA) is 106 Å². The van der Waals surface area contributed by atoms with E-state index in [1.54, 1.807) is 0 Å². The van der Waals surface area contributed by atoms with E-state index in [1.165, 1.54) is 18.2 Å². The lowest BCUT2D eigenvalue weighted by Crippen LogP contribution is -2.34. The maximum absolute atomic E-state index is 13.2. The highest BCUT2D eigenvalue weighted by Crippen LogP contribution is 2.38. The average Bonchev–Trinajstić information content (AvgIpc) is 2.87. The third-order valence-corrected chi connectivity index (χ3v) is 6.21. The van der Waals surface area contributed by atoms with E-state index in [2.05, 4.69) is 16.0 Å². The van der Waals surface area contributed by atoms with Gasteiger partial charge in [0.1, 0.15) is 12.2 Å². The molecule has 0 bridgehead atoms. The number of carbonyl (C=O) groups is 1. The van der Waals surface area contributed by atoms with E-state index in [4.69, 9.17) is 4.74 Å². The van der Waals surface area contributed by atoms with Crippen molar-refractivity contribution in [2.45, 2.75) is 56.6 Å². The van der Waals surface area contributed by atoms with E-state index in [1.807, 2.05) is 0 Å². The zero-order chi connectivity index (χ0) is 28.6. The Morgan fingerprint density at radius 1 is 0.923 bits per heavy atom. The molecule has 14 heteroatoms. The van der Waals surface area contributed by atoms with Gasteiger partial charge in [0.05, 0.1) is 16.6 Å². The smallest absolute Gasteiger partial charge is 0.385 e. The molecule has 0 saturated heterocycles. The van der Waals surface area contributed by atoms with E-state index in [0.717, 1.165) is 24.3 Å². The molecule has 214 valence electrons. The summed E-state index contributed by atoms with van der Waals surface area (Å²) in [5.74, 6) is -0.310. The van der Waals surface area contributed by atoms with E-state index in [9.17, 15) is 41.3 Å². The molecule has 0 unspecified atom stereocenters. The molecule has 39 heavy (non-hydrogen) atoms. The number of hydrogen-bond acceptors (Lipinski definition) is 6. The number of carbonyl (C=O) groups excluding carboxylic acids is 1. The number of ether oxygens (including phenoxy) is 1. The molecule has 2 aromatic carbocycles. The van der Waals surface area contributed by atoms with Gasteiger partial charge in [-0.05, 0) is 68.5 Å². The SMILES string of the molecule is O=C(CO[C@H]1CC[C@H](Nc2ccc([N+](=O)[O-])c(C(F)(F)F)c2)CC1)NCCCNc1ccc(C(F)(F)F)cc1. The number of anilines is 2. The summed E-state index contributed by atoms with van der Waals surface area (Å²) in [5, 5.41) is 19.6. The van der Waals surface area contributed by atoms with Gasteiger partial charge in [-0.25, -0.2) is 0 Å². The summed E-state index contributed by atoms with van der Waals surface area (Å²) in [4.78, 5) is 21.9. The zero-order valence-corrected chi connectivity index (χ0v) is 20.7. The third kappa shape index (κ3) is 9.30. The molecule has 0 atom stereocenters. The lowest BCUT2D eigenvalue weighted by Gasteiger charge is -2.29. The first-order valence-corrected chi connectivity index (χ1v) is 12.2. The van der Waals surface area contributed by atoms with Crippen LogP contribution in [0, 0.1) is 10.1 Å². The zero-order valence-electron chi connectivity index (χ0n) is 20.7. The van der Waals surface area contributed by atoms with Gasteiger partial charge in [0.2, 0.25) is 5.91 Å². The van der Waals surface area contributed by atoms with Gasteiger partial charge in [-0.2, -0.15) is 26.3 Å². The van der Waals surface area contributed by atoms with Gasteiger partial charge in [0.25, 0.3) is 5.69 Å². The minimum atomic E-state index is -4.85. The highest BCUT2D eigenvalue weighted by Gasteiger charge is 2.38. The van der Waals surface area contributed by atoms with Crippen molar-refractivity contribution in [3.8, 4) is 0 Å². The van der Waals surface area contributed by atoms with Crippen molar-refractivity contribution in [3.63, 3.8) is 0 Å². The Labute approximate surface area is 220 Å². The van der Waals surface area contributed by atoms with Crippen molar-refractivity contribution in [1.82, 2.24) is 5.32 Å². The number of nitrogens with one attached hydrogen (secondary N) is 3. The number of benzene rings is 2. The maximum Gasteiger partial charge on any atom is 0.423 e. The second-order valence-electron chi connectivity index (χ2n) is 9.12. The first kappa shape index (κ1) is 30.0. The fraction of sp³-hybridized carbons (Fsp3) is 0.480. The first-order valence-electron chi connectivity index (χ1n) is 12.2. The number of rotatable bonds is 11. The Kier molecular flexibility index (Phi) is 10.0. The van der Waals surface area contributed by atoms with Crippen LogP contribution in [-0.2, 0) is 21.9 Å². The molecule has 0 radical (unpaired) electrons. The quantitative estimate of drug-likeness (QED) is 0.135. The van der Waals surface area contributed by atoms with Crippen molar-refractivity contribution >= 4 is 23.0 Å². The highest BCUT2D eigenvalue weighted by atomic mass is 19.4. The number of halogens is 6. The largest absolute Gasteiger partial charge is 0.423 e. The van der Waals surface area contributed by atoms with Crippen LogP contribution in [0.5, 0.6) is 0 Å². The molecule has 3 N–H and O–H groups in total. The van der Waals surface area contributed by atoms with Gasteiger partial charge in [-0.1, -0.05) is 0 Å². The highest BCUT2D eigenvalue weighted by molar-refractivity contribution is 5.77. The van der Waals surface area contributed by atoms with Gasteiger partial charge in [0, 0.05) is 36.6 Å². The second-order valence-corrected chi connectivity index (χ2v) is 9.12. The first-order chi connectivity index (χ1) is 18.3. The number of nitro benzene ring substituents is 1. The summed E-state index contributed by atoms with van der Waals surface area (Å²) >= 11 is 0. The maximum atomic E-state index is 13.2. The van der Waals surface area contributed by atoms with Gasteiger partial charge in [0.15, 0.2) is 0 Å². The summed E-state index contributed by atoms with van der Waals surface area (Å²) < 4.78 is 82.9. The normalized spacial score (nSPS) is 17.9. The average molecular weight is 563 g/mol. The van der Waals surface area contributed by atoms with Crippen LogP contribution in [0.1, 0.15) is 43.2 Å². The minimum Gasteiger partial charge on any atom is -0.385 e. The standard InChI is InChI=1S/C25H28F6N4O4/c26-24(27,28)16-2-4-17(5-3-16)32-12-1-13-33-23(36)15-39-20-9-6-18(7-10-20)34-19-8-11-22(35(37)38)21(14-19)25(29,30)31/h2-5,8,11,14,18,20,32,34H,1,6-7,9-10,12-13,15H2,(H,33,36)/t18-,20-. The molecule has 1 fully saturated rings. The van der Waals surface area contributed by atoms with E-state index in [-0.39, 0.29) is 30.3 Å². The number of hydrogen-bond donors (Lipinski definition) is 3. The molecule has 0 heterocycles. The Hall–Kier alpha value is -3.55. The van der Waals surface area contributed by atoms with Crippen molar-refractivity contribution in [3.05, 3.63) is 63.7 Å². The molecular formula is C25H28F6N4O4. The Balaban J connectivity index is 1.31. The summed E-state index contributed by atoms with van der Waals surface area (Å²) in [6, 6.07) is 7.34. The summed E-state index contributed by atoms with van der Waals surface area (Å²) in [6.07, 6.45) is -6.54. The summed E-state index contributed by atoms with van der Waals surface area (Å²) in [5.41, 5.74) is -2.36.